The minimum Gasteiger partial charge on any atom is -0.485 e. The van der Waals surface area contributed by atoms with E-state index < -0.39 is 24.1 Å². The summed E-state index contributed by atoms with van der Waals surface area (Å²) in [6.07, 6.45) is -1.94. The van der Waals surface area contributed by atoms with Gasteiger partial charge in [-0.3, -0.25) is 4.79 Å². The Morgan fingerprint density at radius 1 is 1.04 bits per heavy atom. The maximum absolute atomic E-state index is 12.3. The van der Waals surface area contributed by atoms with Gasteiger partial charge in [0.1, 0.15) is 6.61 Å². The lowest BCUT2D eigenvalue weighted by atomic mass is 10.2. The predicted octanol–water partition coefficient (Wildman–Crippen LogP) is 2.13. The zero-order valence-electron chi connectivity index (χ0n) is 14.5. The van der Waals surface area contributed by atoms with Crippen LogP contribution in [0.15, 0.2) is 42.5 Å². The highest BCUT2D eigenvalue weighted by Crippen LogP contribution is 2.34. The summed E-state index contributed by atoms with van der Waals surface area (Å²) in [5.74, 6) is 1.04. The van der Waals surface area contributed by atoms with Crippen molar-refractivity contribution in [1.82, 2.24) is 0 Å². The van der Waals surface area contributed by atoms with E-state index in [1.165, 1.54) is 6.92 Å². The Labute approximate surface area is 154 Å². The molecular weight excluding hydrogens is 354 g/mol. The van der Waals surface area contributed by atoms with E-state index in [-0.39, 0.29) is 13.4 Å². The lowest BCUT2D eigenvalue weighted by molar-refractivity contribution is -0.162. The van der Waals surface area contributed by atoms with Crippen molar-refractivity contribution < 1.29 is 33.3 Å². The molecule has 0 radical (unpaired) electrons. The smallest absolute Gasteiger partial charge is 0.351 e. The molecule has 0 bridgehead atoms. The van der Waals surface area contributed by atoms with Gasteiger partial charge in [-0.05, 0) is 31.2 Å². The molecule has 2 aliphatic rings. The number of fused-ring (bicyclic) bond motifs is 2. The Bertz CT molecular complexity index is 882. The first-order valence-electron chi connectivity index (χ1n) is 8.39. The molecule has 2 aliphatic heterocycles. The third-order valence-electron chi connectivity index (χ3n) is 4.07. The van der Waals surface area contributed by atoms with Crippen molar-refractivity contribution in [1.29, 1.82) is 0 Å². The van der Waals surface area contributed by atoms with Gasteiger partial charge in [-0.2, -0.15) is 0 Å². The molecule has 0 saturated heterocycles. The predicted molar refractivity (Wildman–Crippen MR) is 93.1 cm³/mol. The van der Waals surface area contributed by atoms with Crippen LogP contribution >= 0.6 is 0 Å². The van der Waals surface area contributed by atoms with Crippen LogP contribution in [0.2, 0.25) is 0 Å². The quantitative estimate of drug-likeness (QED) is 0.823. The van der Waals surface area contributed by atoms with Crippen LogP contribution in [0.3, 0.4) is 0 Å². The summed E-state index contributed by atoms with van der Waals surface area (Å²) in [6, 6.07) is 12.0. The summed E-state index contributed by atoms with van der Waals surface area (Å²) in [5, 5.41) is 2.67. The van der Waals surface area contributed by atoms with Crippen LogP contribution in [-0.2, 0) is 14.3 Å². The zero-order chi connectivity index (χ0) is 18.8. The number of hydrogen-bond donors (Lipinski definition) is 1. The number of rotatable bonds is 4. The van der Waals surface area contributed by atoms with Gasteiger partial charge >= 0.3 is 5.97 Å². The van der Waals surface area contributed by atoms with Gasteiger partial charge in [-0.15, -0.1) is 0 Å². The average molecular weight is 371 g/mol. The van der Waals surface area contributed by atoms with Crippen LogP contribution in [0.1, 0.15) is 6.92 Å². The Balaban J connectivity index is 1.34. The minimum absolute atomic E-state index is 0.0202. The first-order chi connectivity index (χ1) is 13.1. The van der Waals surface area contributed by atoms with Gasteiger partial charge < -0.3 is 29.0 Å². The fraction of sp³-hybridized carbons (Fsp3) is 0.263. The van der Waals surface area contributed by atoms with Crippen LogP contribution in [0.25, 0.3) is 0 Å². The first kappa shape index (κ1) is 17.0. The molecule has 0 spiro atoms. The molecule has 2 aromatic rings. The van der Waals surface area contributed by atoms with Crippen LogP contribution in [0, 0.1) is 0 Å². The van der Waals surface area contributed by atoms with Crippen molar-refractivity contribution >= 4 is 17.6 Å². The number of amides is 1. The second-order valence-electron chi connectivity index (χ2n) is 6.00. The van der Waals surface area contributed by atoms with E-state index in [4.69, 9.17) is 23.7 Å². The van der Waals surface area contributed by atoms with E-state index in [1.807, 2.05) is 6.07 Å². The molecule has 8 nitrogen and oxygen atoms in total. The van der Waals surface area contributed by atoms with Gasteiger partial charge in [0.25, 0.3) is 5.91 Å². The summed E-state index contributed by atoms with van der Waals surface area (Å²) in [7, 11) is 0. The maximum atomic E-state index is 12.3. The third-order valence-corrected chi connectivity index (χ3v) is 4.07. The number of nitrogens with one attached hydrogen (secondary N) is 1. The molecule has 1 N–H and O–H groups in total. The zero-order valence-corrected chi connectivity index (χ0v) is 14.5. The Morgan fingerprint density at radius 3 is 2.63 bits per heavy atom. The molecular formula is C19H17NO7. The Hall–Kier alpha value is -3.42. The molecule has 0 aliphatic carbocycles. The molecule has 4 rings (SSSR count). The normalized spacial score (nSPS) is 17.7. The number of carbonyl (C=O) groups excluding carboxylic acids is 2. The number of benzene rings is 2. The summed E-state index contributed by atoms with van der Waals surface area (Å²) < 4.78 is 26.8. The van der Waals surface area contributed by atoms with Crippen molar-refractivity contribution in [3.05, 3.63) is 42.5 Å². The number of anilines is 1. The van der Waals surface area contributed by atoms with Crippen molar-refractivity contribution in [2.45, 2.75) is 19.1 Å². The molecule has 0 fully saturated rings. The van der Waals surface area contributed by atoms with Crippen molar-refractivity contribution in [3.8, 4) is 23.0 Å². The van der Waals surface area contributed by atoms with Gasteiger partial charge in [0.05, 0.1) is 0 Å². The lowest BCUT2D eigenvalue weighted by Crippen LogP contribution is -2.41. The maximum Gasteiger partial charge on any atom is 0.351 e. The third kappa shape index (κ3) is 3.59. The number of hydrogen-bond acceptors (Lipinski definition) is 7. The topological polar surface area (TPSA) is 92.3 Å². The SMILES string of the molecule is C[C@@H](OC(=O)[C@H]1COc2ccccc2O1)C(=O)Nc1ccc2c(c1)OCO2. The molecule has 140 valence electrons. The molecule has 2 atom stereocenters. The van der Waals surface area contributed by atoms with E-state index in [0.29, 0.717) is 28.7 Å². The van der Waals surface area contributed by atoms with Gasteiger partial charge in [-0.1, -0.05) is 12.1 Å². The molecule has 8 heteroatoms. The highest BCUT2D eigenvalue weighted by molar-refractivity contribution is 5.95. The van der Waals surface area contributed by atoms with Crippen molar-refractivity contribution in [3.63, 3.8) is 0 Å². The monoisotopic (exact) mass is 371 g/mol. The Morgan fingerprint density at radius 2 is 1.78 bits per heavy atom. The second-order valence-corrected chi connectivity index (χ2v) is 6.00. The summed E-state index contributed by atoms with van der Waals surface area (Å²) >= 11 is 0. The number of ether oxygens (including phenoxy) is 5. The van der Waals surface area contributed by atoms with Gasteiger partial charge in [-0.25, -0.2) is 4.79 Å². The fourth-order valence-electron chi connectivity index (χ4n) is 2.66. The van der Waals surface area contributed by atoms with Crippen LogP contribution in [-0.4, -0.2) is 37.5 Å². The van der Waals surface area contributed by atoms with Gasteiger partial charge in [0.2, 0.25) is 12.9 Å². The highest BCUT2D eigenvalue weighted by Gasteiger charge is 2.31. The standard InChI is InChI=1S/C19H17NO7/c1-11(18(21)20-12-6-7-14-16(8-12)25-10-24-14)26-19(22)17-9-23-13-4-2-3-5-15(13)27-17/h2-8,11,17H,9-10H2,1H3,(H,20,21)/t11-,17-/m1/s1. The number of para-hydroxylation sites is 2. The number of carbonyl (C=O) groups is 2. The van der Waals surface area contributed by atoms with Crippen LogP contribution in [0.4, 0.5) is 5.69 Å². The molecule has 0 saturated carbocycles. The molecule has 1 amide bonds. The highest BCUT2D eigenvalue weighted by atomic mass is 16.7. The van der Waals surface area contributed by atoms with Gasteiger partial charge in [0, 0.05) is 11.8 Å². The Kier molecular flexibility index (Phi) is 4.45. The van der Waals surface area contributed by atoms with Crippen LogP contribution in [0.5, 0.6) is 23.0 Å². The first-order valence-corrected chi connectivity index (χ1v) is 8.39. The number of esters is 1. The van der Waals surface area contributed by atoms with E-state index in [9.17, 15) is 9.59 Å². The minimum atomic E-state index is -1.01. The average Bonchev–Trinajstić information content (AvgIpc) is 3.15. The summed E-state index contributed by atoms with van der Waals surface area (Å²) in [5.41, 5.74) is 0.512. The van der Waals surface area contributed by atoms with Crippen molar-refractivity contribution in [2.24, 2.45) is 0 Å². The molecule has 2 heterocycles. The van der Waals surface area contributed by atoms with E-state index >= 15 is 0 Å². The van der Waals surface area contributed by atoms with Crippen LogP contribution < -0.4 is 24.3 Å². The molecule has 0 unspecified atom stereocenters. The largest absolute Gasteiger partial charge is 0.485 e. The molecule has 2 aromatic carbocycles. The van der Waals surface area contributed by atoms with Crippen molar-refractivity contribution in [2.75, 3.05) is 18.7 Å². The van der Waals surface area contributed by atoms with E-state index in [0.717, 1.165) is 0 Å². The summed E-state index contributed by atoms with van der Waals surface area (Å²) in [4.78, 5) is 24.6. The fourth-order valence-corrected chi connectivity index (χ4v) is 2.66. The second kappa shape index (κ2) is 7.06. The summed E-state index contributed by atoms with van der Waals surface area (Å²) in [6.45, 7) is 1.65. The molecule has 0 aromatic heterocycles. The molecule has 27 heavy (non-hydrogen) atoms. The van der Waals surface area contributed by atoms with E-state index in [2.05, 4.69) is 5.32 Å². The lowest BCUT2D eigenvalue weighted by Gasteiger charge is -2.25. The van der Waals surface area contributed by atoms with Gasteiger partial charge in [0.15, 0.2) is 29.1 Å². The van der Waals surface area contributed by atoms with E-state index in [1.54, 1.807) is 36.4 Å².